The molecule has 2 atom stereocenters. The number of rotatable bonds is 6. The number of nitrogens with two attached hydrogens (primary N) is 1. The maximum atomic E-state index is 6.12. The lowest BCUT2D eigenvalue weighted by Gasteiger charge is -2.25. The van der Waals surface area contributed by atoms with Gasteiger partial charge in [-0.15, -0.1) is 0 Å². The van der Waals surface area contributed by atoms with Crippen molar-refractivity contribution in [2.24, 2.45) is 17.6 Å². The van der Waals surface area contributed by atoms with E-state index in [9.17, 15) is 0 Å². The van der Waals surface area contributed by atoms with Gasteiger partial charge in [0.05, 0.1) is 0 Å². The molecule has 0 rings (SSSR count). The van der Waals surface area contributed by atoms with Crippen LogP contribution in [0.5, 0.6) is 0 Å². The second kappa shape index (κ2) is 6.47. The highest BCUT2D eigenvalue weighted by Crippen LogP contribution is 2.20. The Balaban J connectivity index is 3.77. The molecule has 12 heavy (non-hydrogen) atoms. The molecule has 0 aliphatic carbocycles. The minimum atomic E-state index is 0.426. The van der Waals surface area contributed by atoms with Crippen LogP contribution in [0.4, 0.5) is 0 Å². The molecule has 0 aliphatic rings. The van der Waals surface area contributed by atoms with E-state index in [0.29, 0.717) is 6.04 Å². The van der Waals surface area contributed by atoms with Gasteiger partial charge in [0.25, 0.3) is 0 Å². The number of unbranched alkanes of at least 4 members (excludes halogenated alkanes) is 1. The van der Waals surface area contributed by atoms with Crippen LogP contribution in [0.3, 0.4) is 0 Å². The van der Waals surface area contributed by atoms with E-state index in [0.717, 1.165) is 11.8 Å². The third kappa shape index (κ3) is 4.10. The van der Waals surface area contributed by atoms with Gasteiger partial charge >= 0.3 is 0 Å². The Labute approximate surface area is 77.7 Å². The Morgan fingerprint density at radius 1 is 1.17 bits per heavy atom. The fourth-order valence-electron chi connectivity index (χ4n) is 1.92. The lowest BCUT2D eigenvalue weighted by molar-refractivity contribution is 0.293. The lowest BCUT2D eigenvalue weighted by atomic mass is 9.84. The summed E-state index contributed by atoms with van der Waals surface area (Å²) in [5.74, 6) is 1.46. The van der Waals surface area contributed by atoms with Crippen LogP contribution in [0.15, 0.2) is 0 Å². The molecule has 0 spiro atoms. The highest BCUT2D eigenvalue weighted by atomic mass is 14.6. The quantitative estimate of drug-likeness (QED) is 0.652. The summed E-state index contributed by atoms with van der Waals surface area (Å²) < 4.78 is 0. The average molecular weight is 171 g/mol. The first-order valence-corrected chi connectivity index (χ1v) is 5.39. The van der Waals surface area contributed by atoms with E-state index in [1.807, 2.05) is 0 Å². The molecule has 0 saturated carbocycles. The summed E-state index contributed by atoms with van der Waals surface area (Å²) in [6.07, 6.45) is 4.97. The molecule has 0 aromatic heterocycles. The molecule has 2 unspecified atom stereocenters. The molecule has 74 valence electrons. The zero-order valence-corrected chi connectivity index (χ0v) is 9.14. The van der Waals surface area contributed by atoms with E-state index in [2.05, 4.69) is 27.7 Å². The molecule has 0 aromatic rings. The zero-order valence-electron chi connectivity index (χ0n) is 9.14. The maximum absolute atomic E-state index is 6.12. The normalized spacial score (nSPS) is 16.5. The van der Waals surface area contributed by atoms with Crippen molar-refractivity contribution in [3.63, 3.8) is 0 Å². The monoisotopic (exact) mass is 171 g/mol. The minimum Gasteiger partial charge on any atom is -0.327 e. The van der Waals surface area contributed by atoms with Gasteiger partial charge < -0.3 is 5.73 Å². The van der Waals surface area contributed by atoms with Gasteiger partial charge in [-0.05, 0) is 18.3 Å². The number of hydrogen-bond donors (Lipinski definition) is 1. The zero-order chi connectivity index (χ0) is 9.56. The SMILES string of the molecule is CCCCC(N)C(CC)C(C)C. The second-order valence-corrected chi connectivity index (χ2v) is 4.12. The van der Waals surface area contributed by atoms with Crippen molar-refractivity contribution in [1.82, 2.24) is 0 Å². The minimum absolute atomic E-state index is 0.426. The molecule has 0 aliphatic heterocycles. The van der Waals surface area contributed by atoms with Crippen molar-refractivity contribution < 1.29 is 0 Å². The fourth-order valence-corrected chi connectivity index (χ4v) is 1.92. The van der Waals surface area contributed by atoms with Crippen LogP contribution in [0.25, 0.3) is 0 Å². The summed E-state index contributed by atoms with van der Waals surface area (Å²) in [4.78, 5) is 0. The molecule has 0 bridgehead atoms. The highest BCUT2D eigenvalue weighted by molar-refractivity contribution is 4.74. The van der Waals surface area contributed by atoms with Crippen molar-refractivity contribution in [3.05, 3.63) is 0 Å². The molecule has 0 heterocycles. The first kappa shape index (κ1) is 12.0. The Kier molecular flexibility index (Phi) is 6.45. The molecular weight excluding hydrogens is 146 g/mol. The third-order valence-electron chi connectivity index (χ3n) is 2.77. The van der Waals surface area contributed by atoms with E-state index in [1.165, 1.54) is 25.7 Å². The van der Waals surface area contributed by atoms with Crippen LogP contribution in [0.1, 0.15) is 53.4 Å². The third-order valence-corrected chi connectivity index (χ3v) is 2.77. The van der Waals surface area contributed by atoms with Crippen molar-refractivity contribution in [2.75, 3.05) is 0 Å². The van der Waals surface area contributed by atoms with Gasteiger partial charge in [0.1, 0.15) is 0 Å². The number of hydrogen-bond acceptors (Lipinski definition) is 1. The first-order chi connectivity index (χ1) is 5.63. The molecule has 1 nitrogen and oxygen atoms in total. The Morgan fingerprint density at radius 2 is 1.75 bits per heavy atom. The Bertz CT molecular complexity index is 99.2. The first-order valence-electron chi connectivity index (χ1n) is 5.39. The summed E-state index contributed by atoms with van der Waals surface area (Å²) in [7, 11) is 0. The maximum Gasteiger partial charge on any atom is 0.00695 e. The van der Waals surface area contributed by atoms with Crippen molar-refractivity contribution in [1.29, 1.82) is 0 Å². The summed E-state index contributed by atoms with van der Waals surface area (Å²) in [5, 5.41) is 0. The van der Waals surface area contributed by atoms with Crippen LogP contribution >= 0.6 is 0 Å². The fraction of sp³-hybridized carbons (Fsp3) is 1.00. The van der Waals surface area contributed by atoms with Crippen LogP contribution in [-0.2, 0) is 0 Å². The van der Waals surface area contributed by atoms with Gasteiger partial charge in [0.2, 0.25) is 0 Å². The van der Waals surface area contributed by atoms with Crippen LogP contribution in [-0.4, -0.2) is 6.04 Å². The average Bonchev–Trinajstić information content (AvgIpc) is 2.01. The van der Waals surface area contributed by atoms with Crippen molar-refractivity contribution >= 4 is 0 Å². The van der Waals surface area contributed by atoms with Crippen LogP contribution in [0.2, 0.25) is 0 Å². The summed E-state index contributed by atoms with van der Waals surface area (Å²) >= 11 is 0. The highest BCUT2D eigenvalue weighted by Gasteiger charge is 2.18. The largest absolute Gasteiger partial charge is 0.327 e. The predicted octanol–water partition coefficient (Wildman–Crippen LogP) is 3.19. The van der Waals surface area contributed by atoms with E-state index in [1.54, 1.807) is 0 Å². The van der Waals surface area contributed by atoms with Crippen molar-refractivity contribution in [2.45, 2.75) is 59.4 Å². The molecule has 0 radical (unpaired) electrons. The van der Waals surface area contributed by atoms with E-state index < -0.39 is 0 Å². The topological polar surface area (TPSA) is 26.0 Å². The molecule has 1 heteroatoms. The molecule has 0 amide bonds. The van der Waals surface area contributed by atoms with E-state index in [4.69, 9.17) is 5.73 Å². The van der Waals surface area contributed by atoms with Crippen molar-refractivity contribution in [3.8, 4) is 0 Å². The van der Waals surface area contributed by atoms with Gasteiger partial charge in [0, 0.05) is 6.04 Å². The van der Waals surface area contributed by atoms with Gasteiger partial charge in [0.15, 0.2) is 0 Å². The molecule has 0 aromatic carbocycles. The van der Waals surface area contributed by atoms with Crippen LogP contribution < -0.4 is 5.73 Å². The smallest absolute Gasteiger partial charge is 0.00695 e. The summed E-state index contributed by atoms with van der Waals surface area (Å²) in [6.45, 7) is 9.03. The van der Waals surface area contributed by atoms with E-state index >= 15 is 0 Å². The molecule has 0 fully saturated rings. The van der Waals surface area contributed by atoms with Crippen LogP contribution in [0, 0.1) is 11.8 Å². The van der Waals surface area contributed by atoms with Gasteiger partial charge in [-0.2, -0.15) is 0 Å². The summed E-state index contributed by atoms with van der Waals surface area (Å²) in [5.41, 5.74) is 6.12. The van der Waals surface area contributed by atoms with Gasteiger partial charge in [-0.1, -0.05) is 47.0 Å². The summed E-state index contributed by atoms with van der Waals surface area (Å²) in [6, 6.07) is 0.426. The standard InChI is InChI=1S/C11H25N/c1-5-7-8-11(12)10(6-2)9(3)4/h9-11H,5-8,12H2,1-4H3. The molecule has 0 saturated heterocycles. The second-order valence-electron chi connectivity index (χ2n) is 4.12. The lowest BCUT2D eigenvalue weighted by Crippen LogP contribution is -2.32. The van der Waals surface area contributed by atoms with Gasteiger partial charge in [-0.3, -0.25) is 0 Å². The van der Waals surface area contributed by atoms with Gasteiger partial charge in [-0.25, -0.2) is 0 Å². The predicted molar refractivity (Wildman–Crippen MR) is 56.1 cm³/mol. The Hall–Kier alpha value is -0.0400. The Morgan fingerprint density at radius 3 is 2.08 bits per heavy atom. The molecule has 2 N–H and O–H groups in total. The molecular formula is C11H25N. The van der Waals surface area contributed by atoms with E-state index in [-0.39, 0.29) is 0 Å².